The Hall–Kier alpha value is -1.55. The smallest absolute Gasteiger partial charge is 0.239 e. The van der Waals surface area contributed by atoms with Crippen molar-refractivity contribution in [1.29, 1.82) is 0 Å². The summed E-state index contributed by atoms with van der Waals surface area (Å²) in [5.74, 6) is 1.61. The summed E-state index contributed by atoms with van der Waals surface area (Å²) in [5.41, 5.74) is 1.30. The molecule has 2 aliphatic rings. The number of methoxy groups -OCH3 is 1. The second-order valence-electron chi connectivity index (χ2n) is 6.19. The third kappa shape index (κ3) is 2.91. The van der Waals surface area contributed by atoms with Crippen molar-refractivity contribution in [2.45, 2.75) is 44.2 Å². The van der Waals surface area contributed by atoms with Crippen molar-refractivity contribution < 1.29 is 9.53 Å². The molecule has 2 saturated heterocycles. The summed E-state index contributed by atoms with van der Waals surface area (Å²) >= 11 is 0. The maximum atomic E-state index is 12.6. The fourth-order valence-corrected chi connectivity index (χ4v) is 3.55. The highest BCUT2D eigenvalue weighted by atomic mass is 16.5. The van der Waals surface area contributed by atoms with Crippen molar-refractivity contribution >= 4 is 5.91 Å². The Bertz CT molecular complexity index is 494. The van der Waals surface area contributed by atoms with Crippen LogP contribution in [-0.4, -0.2) is 43.1 Å². The van der Waals surface area contributed by atoms with Gasteiger partial charge in [0.2, 0.25) is 5.91 Å². The Labute approximate surface area is 126 Å². The SMILES string of the molecule is COc1ccc(C2CC(C)N(C(=O)C3CCCN3)C2)cc1. The van der Waals surface area contributed by atoms with Crippen LogP contribution >= 0.6 is 0 Å². The van der Waals surface area contributed by atoms with Gasteiger partial charge in [-0.3, -0.25) is 4.79 Å². The monoisotopic (exact) mass is 288 g/mol. The van der Waals surface area contributed by atoms with E-state index in [-0.39, 0.29) is 11.9 Å². The maximum absolute atomic E-state index is 12.6. The second-order valence-corrected chi connectivity index (χ2v) is 6.19. The Morgan fingerprint density at radius 3 is 2.71 bits per heavy atom. The van der Waals surface area contributed by atoms with Gasteiger partial charge >= 0.3 is 0 Å². The predicted molar refractivity (Wildman–Crippen MR) is 82.6 cm³/mol. The van der Waals surface area contributed by atoms with E-state index in [4.69, 9.17) is 4.74 Å². The molecule has 2 aliphatic heterocycles. The maximum Gasteiger partial charge on any atom is 0.239 e. The molecule has 1 amide bonds. The van der Waals surface area contributed by atoms with Gasteiger partial charge in [-0.25, -0.2) is 0 Å². The van der Waals surface area contributed by atoms with Gasteiger partial charge in [0.25, 0.3) is 0 Å². The molecule has 21 heavy (non-hydrogen) atoms. The van der Waals surface area contributed by atoms with Crippen molar-refractivity contribution in [2.24, 2.45) is 0 Å². The van der Waals surface area contributed by atoms with Crippen LogP contribution in [0.1, 0.15) is 37.7 Å². The Balaban J connectivity index is 1.68. The van der Waals surface area contributed by atoms with Gasteiger partial charge in [-0.15, -0.1) is 0 Å². The van der Waals surface area contributed by atoms with Crippen LogP contribution in [0.5, 0.6) is 5.75 Å². The lowest BCUT2D eigenvalue weighted by Crippen LogP contribution is -2.45. The molecular weight excluding hydrogens is 264 g/mol. The molecule has 0 bridgehead atoms. The van der Waals surface area contributed by atoms with E-state index in [9.17, 15) is 4.79 Å². The normalized spacial score (nSPS) is 28.9. The van der Waals surface area contributed by atoms with Crippen LogP contribution in [0.2, 0.25) is 0 Å². The number of nitrogens with zero attached hydrogens (tertiary/aromatic N) is 1. The Morgan fingerprint density at radius 2 is 2.10 bits per heavy atom. The summed E-state index contributed by atoms with van der Waals surface area (Å²) in [7, 11) is 1.68. The topological polar surface area (TPSA) is 41.6 Å². The van der Waals surface area contributed by atoms with E-state index in [1.807, 2.05) is 12.1 Å². The van der Waals surface area contributed by atoms with Gasteiger partial charge in [0.05, 0.1) is 13.2 Å². The van der Waals surface area contributed by atoms with Gasteiger partial charge in [-0.2, -0.15) is 0 Å². The molecule has 3 rings (SSSR count). The number of carbonyl (C=O) groups is 1. The number of hydrogen-bond acceptors (Lipinski definition) is 3. The summed E-state index contributed by atoms with van der Waals surface area (Å²) in [6.07, 6.45) is 3.14. The van der Waals surface area contributed by atoms with Crippen LogP contribution in [0.4, 0.5) is 0 Å². The van der Waals surface area contributed by atoms with E-state index in [1.165, 1.54) is 5.56 Å². The Morgan fingerprint density at radius 1 is 1.33 bits per heavy atom. The molecule has 114 valence electrons. The zero-order valence-electron chi connectivity index (χ0n) is 12.8. The van der Waals surface area contributed by atoms with Crippen LogP contribution in [0.3, 0.4) is 0 Å². The molecular formula is C17H24N2O2. The van der Waals surface area contributed by atoms with Crippen LogP contribution in [0.15, 0.2) is 24.3 Å². The first-order valence-electron chi connectivity index (χ1n) is 7.87. The van der Waals surface area contributed by atoms with E-state index < -0.39 is 0 Å². The number of carbonyl (C=O) groups excluding carboxylic acids is 1. The number of benzene rings is 1. The first-order valence-corrected chi connectivity index (χ1v) is 7.87. The number of likely N-dealkylation sites (tertiary alicyclic amines) is 1. The van der Waals surface area contributed by atoms with Gasteiger partial charge in [0.15, 0.2) is 0 Å². The minimum Gasteiger partial charge on any atom is -0.497 e. The minimum atomic E-state index is 0.0436. The van der Waals surface area contributed by atoms with E-state index in [2.05, 4.69) is 29.3 Å². The first-order chi connectivity index (χ1) is 10.2. The average Bonchev–Trinajstić information content (AvgIpc) is 3.16. The van der Waals surface area contributed by atoms with Crippen molar-refractivity contribution in [1.82, 2.24) is 10.2 Å². The zero-order chi connectivity index (χ0) is 14.8. The van der Waals surface area contributed by atoms with E-state index in [0.717, 1.165) is 38.1 Å². The fourth-order valence-electron chi connectivity index (χ4n) is 3.55. The van der Waals surface area contributed by atoms with E-state index in [1.54, 1.807) is 7.11 Å². The molecule has 0 aromatic heterocycles. The molecule has 2 fully saturated rings. The highest BCUT2D eigenvalue weighted by Crippen LogP contribution is 2.33. The number of ether oxygens (including phenoxy) is 1. The molecule has 1 aromatic rings. The lowest BCUT2D eigenvalue weighted by Gasteiger charge is -2.25. The molecule has 3 unspecified atom stereocenters. The quantitative estimate of drug-likeness (QED) is 0.926. The van der Waals surface area contributed by atoms with Crippen molar-refractivity contribution in [3.63, 3.8) is 0 Å². The molecule has 1 aromatic carbocycles. The highest BCUT2D eigenvalue weighted by molar-refractivity contribution is 5.82. The van der Waals surface area contributed by atoms with E-state index >= 15 is 0 Å². The molecule has 0 aliphatic carbocycles. The van der Waals surface area contributed by atoms with Crippen molar-refractivity contribution in [3.8, 4) is 5.75 Å². The Kier molecular flexibility index (Phi) is 4.15. The molecule has 0 spiro atoms. The van der Waals surface area contributed by atoms with Crippen LogP contribution < -0.4 is 10.1 Å². The number of nitrogens with one attached hydrogen (secondary N) is 1. The van der Waals surface area contributed by atoms with Gasteiger partial charge in [-0.1, -0.05) is 12.1 Å². The van der Waals surface area contributed by atoms with Gasteiger partial charge in [0, 0.05) is 18.5 Å². The first kappa shape index (κ1) is 14.4. The summed E-state index contributed by atoms with van der Waals surface area (Å²) < 4.78 is 5.21. The van der Waals surface area contributed by atoms with Gasteiger partial charge in [0.1, 0.15) is 5.75 Å². The zero-order valence-corrected chi connectivity index (χ0v) is 12.8. The number of rotatable bonds is 3. The molecule has 2 heterocycles. The summed E-state index contributed by atoms with van der Waals surface area (Å²) in [5, 5.41) is 3.32. The second kappa shape index (κ2) is 6.06. The fraction of sp³-hybridized carbons (Fsp3) is 0.588. The lowest BCUT2D eigenvalue weighted by molar-refractivity contribution is -0.133. The standard InChI is InChI=1S/C17H24N2O2/c1-12-10-14(13-5-7-15(21-2)8-6-13)11-19(12)17(20)16-4-3-9-18-16/h5-8,12,14,16,18H,3-4,9-11H2,1-2H3. The average molecular weight is 288 g/mol. The predicted octanol–water partition coefficient (Wildman–Crippen LogP) is 2.15. The minimum absolute atomic E-state index is 0.0436. The molecule has 1 N–H and O–H groups in total. The van der Waals surface area contributed by atoms with Crippen LogP contribution in [0.25, 0.3) is 0 Å². The summed E-state index contributed by atoms with van der Waals surface area (Å²) in [4.78, 5) is 14.6. The number of hydrogen-bond donors (Lipinski definition) is 1. The number of amides is 1. The summed E-state index contributed by atoms with van der Waals surface area (Å²) in [6.45, 7) is 3.97. The van der Waals surface area contributed by atoms with Crippen LogP contribution in [0, 0.1) is 0 Å². The third-order valence-electron chi connectivity index (χ3n) is 4.80. The largest absolute Gasteiger partial charge is 0.497 e. The molecule has 4 heteroatoms. The molecule has 4 nitrogen and oxygen atoms in total. The van der Waals surface area contributed by atoms with Crippen molar-refractivity contribution in [3.05, 3.63) is 29.8 Å². The van der Waals surface area contributed by atoms with Gasteiger partial charge < -0.3 is 15.0 Å². The van der Waals surface area contributed by atoms with E-state index in [0.29, 0.717) is 12.0 Å². The lowest BCUT2D eigenvalue weighted by atomic mass is 9.97. The van der Waals surface area contributed by atoms with Crippen LogP contribution in [-0.2, 0) is 4.79 Å². The molecule has 0 saturated carbocycles. The molecule has 3 atom stereocenters. The molecule has 0 radical (unpaired) electrons. The highest BCUT2D eigenvalue weighted by Gasteiger charge is 2.36. The van der Waals surface area contributed by atoms with Gasteiger partial charge in [-0.05, 0) is 50.4 Å². The van der Waals surface area contributed by atoms with Crippen molar-refractivity contribution in [2.75, 3.05) is 20.2 Å². The summed E-state index contributed by atoms with van der Waals surface area (Å²) in [6, 6.07) is 8.62. The third-order valence-corrected chi connectivity index (χ3v) is 4.80.